The van der Waals surface area contributed by atoms with E-state index in [0.717, 1.165) is 0 Å². The molecule has 0 heterocycles. The van der Waals surface area contributed by atoms with E-state index in [2.05, 4.69) is 0 Å². The summed E-state index contributed by atoms with van der Waals surface area (Å²) >= 11 is 0. The molecule has 7 heavy (non-hydrogen) atoms. The fourth-order valence-electron chi connectivity index (χ4n) is 0. The van der Waals surface area contributed by atoms with Gasteiger partial charge in [0.15, 0.2) is 0 Å². The van der Waals surface area contributed by atoms with Crippen molar-refractivity contribution in [2.75, 3.05) is 0 Å². The molecule has 0 aliphatic carbocycles. The Morgan fingerprint density at radius 1 is 1.29 bits per heavy atom. The molecule has 0 aliphatic heterocycles. The van der Waals surface area contributed by atoms with Gasteiger partial charge in [0, 0.05) is 21.7 Å². The fourth-order valence-corrected chi connectivity index (χ4v) is 0. The van der Waals surface area contributed by atoms with Crippen LogP contribution in [0.4, 0.5) is 4.79 Å². The molecule has 0 N–H and O–H groups in total. The van der Waals surface area contributed by atoms with Crippen LogP contribution in [0.25, 0.3) is 0 Å². The average Bonchev–Trinajstić information content (AvgIpc) is 0.811. The summed E-state index contributed by atoms with van der Waals surface area (Å²) in [7, 11) is 0. The Hall–Kier alpha value is 1.24. The summed E-state index contributed by atoms with van der Waals surface area (Å²) < 4.78 is 0. The van der Waals surface area contributed by atoms with Crippen LogP contribution in [0.15, 0.2) is 0 Å². The number of carbonyl (C=O) groups is 1. The maximum atomic E-state index is 8.33. The van der Waals surface area contributed by atoms with Gasteiger partial charge in [0.05, 0.1) is 0 Å². The third-order valence-corrected chi connectivity index (χ3v) is 0. The molecule has 0 amide bonds. The molecular weight excluding hydrogens is 160 g/mol. The van der Waals surface area contributed by atoms with Crippen LogP contribution in [0, 0.1) is 0 Å². The zero-order valence-corrected chi connectivity index (χ0v) is 6.70. The molecule has 0 aromatic heterocycles. The van der Waals surface area contributed by atoms with Crippen molar-refractivity contribution in [2.24, 2.45) is 0 Å². The monoisotopic (exact) mass is 164 g/mol. The van der Waals surface area contributed by atoms with Crippen LogP contribution in [0.5, 0.6) is 0 Å². The van der Waals surface area contributed by atoms with Crippen molar-refractivity contribution in [1.29, 1.82) is 0 Å². The second-order valence-corrected chi connectivity index (χ2v) is 0.250. The predicted octanol–water partition coefficient (Wildman–Crippen LogP) is -2.19. The van der Waals surface area contributed by atoms with Gasteiger partial charge in [-0.1, -0.05) is 7.43 Å². The smallest absolute Gasteiger partial charge is 0.652 e. The third-order valence-electron chi connectivity index (χ3n) is 0. The molecular formula is C2H4CaO3Ti. The first-order valence-corrected chi connectivity index (χ1v) is 0.612. The second kappa shape index (κ2) is 15.7. The van der Waals surface area contributed by atoms with Gasteiger partial charge in [-0.2, -0.15) is 0 Å². The van der Waals surface area contributed by atoms with Gasteiger partial charge in [0.1, 0.15) is 0 Å². The molecule has 0 unspecified atom stereocenters. The van der Waals surface area contributed by atoms with Gasteiger partial charge in [-0.3, -0.25) is 0 Å². The van der Waals surface area contributed by atoms with E-state index in [9.17, 15) is 0 Å². The molecule has 0 fully saturated rings. The Morgan fingerprint density at radius 3 is 1.29 bits per heavy atom. The molecule has 0 rings (SSSR count). The molecule has 0 atom stereocenters. The van der Waals surface area contributed by atoms with E-state index in [1.165, 1.54) is 0 Å². The standard InChI is InChI=1S/CH2O3.CH4.Ca.Ti/c2-1(3)4;;;/h(H2,2,3,4);1H4;;/q;;+2;/p-2. The molecule has 0 aromatic carbocycles. The Kier molecular flexibility index (Phi) is 53.8. The Morgan fingerprint density at radius 2 is 1.29 bits per heavy atom. The van der Waals surface area contributed by atoms with E-state index in [1.807, 2.05) is 0 Å². The van der Waals surface area contributed by atoms with E-state index >= 15 is 0 Å². The first-order chi connectivity index (χ1) is 1.73. The molecule has 0 aromatic rings. The second-order valence-electron chi connectivity index (χ2n) is 0.250. The average molecular weight is 164 g/mol. The summed E-state index contributed by atoms with van der Waals surface area (Å²) in [5, 5.41) is 16.7. The van der Waals surface area contributed by atoms with Crippen LogP contribution in [0.1, 0.15) is 7.43 Å². The van der Waals surface area contributed by atoms with Crippen molar-refractivity contribution in [3.63, 3.8) is 0 Å². The topological polar surface area (TPSA) is 63.2 Å². The molecule has 0 radical (unpaired) electrons. The van der Waals surface area contributed by atoms with Crippen LogP contribution in [-0.2, 0) is 21.7 Å². The van der Waals surface area contributed by atoms with E-state index in [0.29, 0.717) is 0 Å². The van der Waals surface area contributed by atoms with Gasteiger partial charge in [-0.25, -0.2) is 0 Å². The number of hydrogen-bond acceptors (Lipinski definition) is 3. The first kappa shape index (κ1) is 24.0. The van der Waals surface area contributed by atoms with Crippen molar-refractivity contribution < 1.29 is 36.7 Å². The molecule has 0 saturated carbocycles. The maximum absolute atomic E-state index is 8.33. The zero-order valence-electron chi connectivity index (χ0n) is 2.93. The Labute approximate surface area is 87.0 Å². The summed E-state index contributed by atoms with van der Waals surface area (Å²) in [6, 6.07) is 0. The quantitative estimate of drug-likeness (QED) is 0.382. The minimum absolute atomic E-state index is 0. The van der Waals surface area contributed by atoms with Crippen molar-refractivity contribution in [3.8, 4) is 0 Å². The van der Waals surface area contributed by atoms with Crippen LogP contribution < -0.4 is 10.2 Å². The van der Waals surface area contributed by atoms with Gasteiger partial charge in [-0.05, 0) is 6.16 Å². The van der Waals surface area contributed by atoms with E-state index < -0.39 is 6.16 Å². The predicted molar refractivity (Wildman–Crippen MR) is 17.9 cm³/mol. The molecule has 5 heteroatoms. The number of hydrogen-bond donors (Lipinski definition) is 0. The van der Waals surface area contributed by atoms with Crippen molar-refractivity contribution >= 4 is 43.9 Å². The van der Waals surface area contributed by atoms with Gasteiger partial charge in [-0.15, -0.1) is 0 Å². The SMILES string of the molecule is C.O=C([O-])[O-].[Ca+2].[Ti]. The molecule has 0 spiro atoms. The van der Waals surface area contributed by atoms with Crippen molar-refractivity contribution in [2.45, 2.75) is 7.43 Å². The molecule has 3 nitrogen and oxygen atoms in total. The van der Waals surface area contributed by atoms with Gasteiger partial charge < -0.3 is 15.0 Å². The van der Waals surface area contributed by atoms with Crippen molar-refractivity contribution in [1.82, 2.24) is 0 Å². The molecule has 0 aliphatic rings. The summed E-state index contributed by atoms with van der Waals surface area (Å²) in [6.45, 7) is 0. The van der Waals surface area contributed by atoms with Gasteiger partial charge >= 0.3 is 37.7 Å². The summed E-state index contributed by atoms with van der Waals surface area (Å²) in [5.41, 5.74) is 0. The number of carbonyl (C=O) groups excluding carboxylic acids is 1. The minimum Gasteiger partial charge on any atom is -0.652 e. The summed E-state index contributed by atoms with van der Waals surface area (Å²) in [6.07, 6.45) is -2.33. The van der Waals surface area contributed by atoms with Crippen LogP contribution in [0.2, 0.25) is 0 Å². The Bertz CT molecular complexity index is 35.9. The normalized spacial score (nSPS) is 3.43. The van der Waals surface area contributed by atoms with Crippen LogP contribution >= 0.6 is 0 Å². The van der Waals surface area contributed by atoms with Crippen molar-refractivity contribution in [3.05, 3.63) is 0 Å². The van der Waals surface area contributed by atoms with Crippen LogP contribution in [-0.4, -0.2) is 43.9 Å². The van der Waals surface area contributed by atoms with E-state index in [1.54, 1.807) is 0 Å². The summed E-state index contributed by atoms with van der Waals surface area (Å²) in [4.78, 5) is 8.33. The largest absolute Gasteiger partial charge is 2.00 e. The fraction of sp³-hybridized carbons (Fsp3) is 0.500. The third kappa shape index (κ3) is 129. The van der Waals surface area contributed by atoms with Gasteiger partial charge in [0.25, 0.3) is 0 Å². The molecule has 0 saturated heterocycles. The Balaban J connectivity index is -0.0000000150. The first-order valence-electron chi connectivity index (χ1n) is 0.612. The molecule has 36 valence electrons. The van der Waals surface area contributed by atoms with E-state index in [-0.39, 0.29) is 66.9 Å². The number of rotatable bonds is 0. The zero-order chi connectivity index (χ0) is 3.58. The minimum atomic E-state index is -2.33. The molecule has 0 bridgehead atoms. The maximum Gasteiger partial charge on any atom is 2.00 e. The number of carboxylic acid groups (broad SMARTS) is 2. The summed E-state index contributed by atoms with van der Waals surface area (Å²) in [5.74, 6) is 0. The van der Waals surface area contributed by atoms with Gasteiger partial charge in [0.2, 0.25) is 0 Å². The van der Waals surface area contributed by atoms with Crippen LogP contribution in [0.3, 0.4) is 0 Å². The van der Waals surface area contributed by atoms with E-state index in [4.69, 9.17) is 15.0 Å².